The van der Waals surface area contributed by atoms with Crippen LogP contribution in [0.2, 0.25) is 0 Å². The summed E-state index contributed by atoms with van der Waals surface area (Å²) in [6.07, 6.45) is 2.42. The lowest BCUT2D eigenvalue weighted by Gasteiger charge is -2.22. The molecule has 1 aromatic rings. The van der Waals surface area contributed by atoms with Gasteiger partial charge in [0.1, 0.15) is 0 Å². The molecule has 0 spiro atoms. The van der Waals surface area contributed by atoms with Gasteiger partial charge in [-0.05, 0) is 37.1 Å². The third-order valence-electron chi connectivity index (χ3n) is 3.81. The Kier molecular flexibility index (Phi) is 7.42. The molecule has 1 aliphatic rings. The van der Waals surface area contributed by atoms with Crippen LogP contribution in [0.15, 0.2) is 24.3 Å². The number of hydrogen-bond acceptors (Lipinski definition) is 5. The summed E-state index contributed by atoms with van der Waals surface area (Å²) in [6.45, 7) is 1.76. The smallest absolute Gasteiger partial charge is 0.306 e. The zero-order chi connectivity index (χ0) is 16.5. The van der Waals surface area contributed by atoms with E-state index in [1.54, 1.807) is 11.8 Å². The van der Waals surface area contributed by atoms with E-state index >= 15 is 0 Å². The number of rotatable bonds is 7. The number of carbonyl (C=O) groups is 2. The van der Waals surface area contributed by atoms with Gasteiger partial charge in [0.05, 0.1) is 19.4 Å². The van der Waals surface area contributed by atoms with Gasteiger partial charge in [0, 0.05) is 23.7 Å². The van der Waals surface area contributed by atoms with E-state index in [-0.39, 0.29) is 17.8 Å². The standard InChI is InChI=1S/C17H24N2O3S/c1-22-16(20)7-9-23-12-13-4-2-6-15(10-13)19-17(21)14-5-3-8-18-11-14/h2,4,6,10,14,18H,3,5,7-9,11-12H2,1H3,(H,19,21). The lowest BCUT2D eigenvalue weighted by Crippen LogP contribution is -2.37. The highest BCUT2D eigenvalue weighted by Crippen LogP contribution is 2.19. The minimum atomic E-state index is -0.181. The Morgan fingerprint density at radius 1 is 1.43 bits per heavy atom. The molecule has 2 rings (SSSR count). The highest BCUT2D eigenvalue weighted by Gasteiger charge is 2.20. The number of methoxy groups -OCH3 is 1. The molecule has 1 heterocycles. The maximum atomic E-state index is 12.2. The van der Waals surface area contributed by atoms with E-state index in [1.165, 1.54) is 7.11 Å². The molecule has 1 atom stereocenters. The first-order chi connectivity index (χ1) is 11.2. The second-order valence-electron chi connectivity index (χ2n) is 5.61. The van der Waals surface area contributed by atoms with Crippen molar-refractivity contribution in [3.05, 3.63) is 29.8 Å². The van der Waals surface area contributed by atoms with Crippen LogP contribution in [0.4, 0.5) is 5.69 Å². The number of benzene rings is 1. The van der Waals surface area contributed by atoms with Crippen molar-refractivity contribution >= 4 is 29.3 Å². The summed E-state index contributed by atoms with van der Waals surface area (Å²) in [5, 5.41) is 6.27. The monoisotopic (exact) mass is 336 g/mol. The van der Waals surface area contributed by atoms with Crippen molar-refractivity contribution in [2.24, 2.45) is 5.92 Å². The summed E-state index contributed by atoms with van der Waals surface area (Å²) in [6, 6.07) is 7.89. The average Bonchev–Trinajstić information content (AvgIpc) is 2.59. The van der Waals surface area contributed by atoms with Gasteiger partial charge in [-0.2, -0.15) is 11.8 Å². The van der Waals surface area contributed by atoms with Crippen molar-refractivity contribution in [2.45, 2.75) is 25.0 Å². The second kappa shape index (κ2) is 9.57. The molecule has 1 fully saturated rings. The molecule has 5 nitrogen and oxygen atoms in total. The van der Waals surface area contributed by atoms with Gasteiger partial charge in [-0.3, -0.25) is 9.59 Å². The summed E-state index contributed by atoms with van der Waals surface area (Å²) >= 11 is 1.68. The van der Waals surface area contributed by atoms with Gasteiger partial charge in [0.2, 0.25) is 5.91 Å². The Morgan fingerprint density at radius 3 is 3.04 bits per heavy atom. The molecule has 1 amide bonds. The van der Waals surface area contributed by atoms with Gasteiger partial charge in [0.25, 0.3) is 0 Å². The Hall–Kier alpha value is -1.53. The molecule has 0 aromatic heterocycles. The summed E-state index contributed by atoms with van der Waals surface area (Å²) in [4.78, 5) is 23.3. The number of amides is 1. The number of carbonyl (C=O) groups excluding carboxylic acids is 2. The van der Waals surface area contributed by atoms with Crippen molar-refractivity contribution < 1.29 is 14.3 Å². The Balaban J connectivity index is 1.79. The van der Waals surface area contributed by atoms with Gasteiger partial charge >= 0.3 is 5.97 Å². The molecule has 126 valence electrons. The van der Waals surface area contributed by atoms with Crippen LogP contribution >= 0.6 is 11.8 Å². The molecule has 1 unspecified atom stereocenters. The Morgan fingerprint density at radius 2 is 2.30 bits per heavy atom. The van der Waals surface area contributed by atoms with E-state index in [0.29, 0.717) is 6.42 Å². The molecule has 1 aromatic carbocycles. The predicted octanol–water partition coefficient (Wildman–Crippen LogP) is 2.42. The average molecular weight is 336 g/mol. The Bertz CT molecular complexity index is 530. The zero-order valence-corrected chi connectivity index (χ0v) is 14.3. The number of ether oxygens (including phenoxy) is 1. The molecular weight excluding hydrogens is 312 g/mol. The fourth-order valence-corrected chi connectivity index (χ4v) is 3.38. The van der Waals surface area contributed by atoms with E-state index in [0.717, 1.165) is 48.7 Å². The minimum Gasteiger partial charge on any atom is -0.469 e. The zero-order valence-electron chi connectivity index (χ0n) is 13.5. The van der Waals surface area contributed by atoms with Crippen LogP contribution < -0.4 is 10.6 Å². The third-order valence-corrected chi connectivity index (χ3v) is 4.84. The molecule has 0 bridgehead atoms. The van der Waals surface area contributed by atoms with Crippen LogP contribution in [0.25, 0.3) is 0 Å². The number of esters is 1. The number of nitrogens with one attached hydrogen (secondary N) is 2. The lowest BCUT2D eigenvalue weighted by molar-refractivity contribution is -0.140. The van der Waals surface area contributed by atoms with Crippen molar-refractivity contribution in [1.29, 1.82) is 0 Å². The highest BCUT2D eigenvalue weighted by molar-refractivity contribution is 7.98. The Labute approximate surface area is 141 Å². The first-order valence-electron chi connectivity index (χ1n) is 7.94. The predicted molar refractivity (Wildman–Crippen MR) is 93.5 cm³/mol. The first-order valence-corrected chi connectivity index (χ1v) is 9.09. The molecular formula is C17H24N2O3S. The van der Waals surface area contributed by atoms with Gasteiger partial charge in [0.15, 0.2) is 0 Å². The minimum absolute atomic E-state index is 0.0573. The van der Waals surface area contributed by atoms with Gasteiger partial charge in [-0.1, -0.05) is 12.1 Å². The first kappa shape index (κ1) is 17.8. The summed E-state index contributed by atoms with van der Waals surface area (Å²) < 4.78 is 4.62. The summed E-state index contributed by atoms with van der Waals surface area (Å²) in [5.74, 6) is 1.51. The van der Waals surface area contributed by atoms with E-state index in [9.17, 15) is 9.59 Å². The molecule has 0 saturated carbocycles. The third kappa shape index (κ3) is 6.23. The van der Waals surface area contributed by atoms with E-state index in [2.05, 4.69) is 15.4 Å². The molecule has 2 N–H and O–H groups in total. The van der Waals surface area contributed by atoms with E-state index < -0.39 is 0 Å². The topological polar surface area (TPSA) is 67.4 Å². The van der Waals surface area contributed by atoms with Crippen molar-refractivity contribution in [2.75, 3.05) is 31.3 Å². The molecule has 6 heteroatoms. The maximum absolute atomic E-state index is 12.2. The van der Waals surface area contributed by atoms with Crippen molar-refractivity contribution in [3.8, 4) is 0 Å². The number of hydrogen-bond donors (Lipinski definition) is 2. The molecule has 1 aliphatic heterocycles. The fourth-order valence-electron chi connectivity index (χ4n) is 2.51. The number of thioether (sulfide) groups is 1. The number of anilines is 1. The van der Waals surface area contributed by atoms with Gasteiger partial charge < -0.3 is 15.4 Å². The van der Waals surface area contributed by atoms with Gasteiger partial charge in [-0.25, -0.2) is 0 Å². The largest absolute Gasteiger partial charge is 0.469 e. The normalized spacial score (nSPS) is 17.5. The van der Waals surface area contributed by atoms with Crippen LogP contribution in [0, 0.1) is 5.92 Å². The molecule has 23 heavy (non-hydrogen) atoms. The van der Waals surface area contributed by atoms with Crippen LogP contribution in [0.3, 0.4) is 0 Å². The van der Waals surface area contributed by atoms with Crippen molar-refractivity contribution in [1.82, 2.24) is 5.32 Å². The quantitative estimate of drug-likeness (QED) is 0.591. The SMILES string of the molecule is COC(=O)CCSCc1cccc(NC(=O)C2CCCNC2)c1. The lowest BCUT2D eigenvalue weighted by atomic mass is 9.99. The van der Waals surface area contributed by atoms with E-state index in [1.807, 2.05) is 24.3 Å². The van der Waals surface area contributed by atoms with Crippen LogP contribution in [0.1, 0.15) is 24.8 Å². The van der Waals surface area contributed by atoms with Crippen LogP contribution in [-0.4, -0.2) is 37.8 Å². The highest BCUT2D eigenvalue weighted by atomic mass is 32.2. The fraction of sp³-hybridized carbons (Fsp3) is 0.529. The van der Waals surface area contributed by atoms with Crippen molar-refractivity contribution in [3.63, 3.8) is 0 Å². The summed E-state index contributed by atoms with van der Waals surface area (Å²) in [5.41, 5.74) is 1.98. The molecule has 0 aliphatic carbocycles. The van der Waals surface area contributed by atoms with Gasteiger partial charge in [-0.15, -0.1) is 0 Å². The summed E-state index contributed by atoms with van der Waals surface area (Å²) in [7, 11) is 1.40. The van der Waals surface area contributed by atoms with Crippen LogP contribution in [0.5, 0.6) is 0 Å². The molecule has 0 radical (unpaired) electrons. The maximum Gasteiger partial charge on any atom is 0.306 e. The van der Waals surface area contributed by atoms with E-state index in [4.69, 9.17) is 0 Å². The molecule has 1 saturated heterocycles. The van der Waals surface area contributed by atoms with Crippen LogP contribution in [-0.2, 0) is 20.1 Å². The number of piperidine rings is 1. The second-order valence-corrected chi connectivity index (χ2v) is 6.72.